The summed E-state index contributed by atoms with van der Waals surface area (Å²) in [5.41, 5.74) is 2.23. The van der Waals surface area contributed by atoms with Crippen LogP contribution in [0.2, 0.25) is 10.0 Å². The van der Waals surface area contributed by atoms with E-state index in [9.17, 15) is 0 Å². The molecule has 0 unspecified atom stereocenters. The third-order valence-corrected chi connectivity index (χ3v) is 5.01. The summed E-state index contributed by atoms with van der Waals surface area (Å²) in [7, 11) is 1.95. The molecule has 3 nitrogen and oxygen atoms in total. The first-order valence-electron chi connectivity index (χ1n) is 6.77. The van der Waals surface area contributed by atoms with E-state index in [1.165, 1.54) is 5.56 Å². The number of halogens is 2. The predicted molar refractivity (Wildman–Crippen MR) is 90.5 cm³/mol. The largest absolute Gasteiger partial charge is 0.310 e. The highest BCUT2D eigenvalue weighted by Gasteiger charge is 2.16. The Kier molecular flexibility index (Phi) is 5.60. The van der Waals surface area contributed by atoms with E-state index in [1.54, 1.807) is 17.8 Å². The van der Waals surface area contributed by atoms with Gasteiger partial charge in [0.15, 0.2) is 0 Å². The number of rotatable bonds is 5. The van der Waals surface area contributed by atoms with Crippen molar-refractivity contribution >= 4 is 35.0 Å². The Morgan fingerprint density at radius 3 is 2.71 bits per heavy atom. The van der Waals surface area contributed by atoms with Crippen molar-refractivity contribution in [2.24, 2.45) is 7.05 Å². The van der Waals surface area contributed by atoms with Gasteiger partial charge in [-0.15, -0.1) is 0 Å². The standard InChI is InChI=1S/C15H19Cl2N3S/c1-9(2)18-8-12-10(3)19-20(4)15(12)21-14-7-11(16)5-6-13(14)17/h5-7,9,18H,8H2,1-4H3. The number of nitrogens with one attached hydrogen (secondary N) is 1. The lowest BCUT2D eigenvalue weighted by Gasteiger charge is -2.11. The molecule has 0 amide bonds. The molecule has 0 fully saturated rings. The summed E-state index contributed by atoms with van der Waals surface area (Å²) in [6.45, 7) is 7.08. The maximum atomic E-state index is 6.26. The molecule has 21 heavy (non-hydrogen) atoms. The zero-order valence-electron chi connectivity index (χ0n) is 12.6. The van der Waals surface area contributed by atoms with Gasteiger partial charge in [0.2, 0.25) is 0 Å². The van der Waals surface area contributed by atoms with Crippen LogP contribution in [0.4, 0.5) is 0 Å². The molecular weight excluding hydrogens is 325 g/mol. The summed E-state index contributed by atoms with van der Waals surface area (Å²) >= 11 is 13.9. The lowest BCUT2D eigenvalue weighted by molar-refractivity contribution is 0.580. The summed E-state index contributed by atoms with van der Waals surface area (Å²) in [6.07, 6.45) is 0. The fourth-order valence-electron chi connectivity index (χ4n) is 1.98. The molecule has 6 heteroatoms. The molecule has 0 aliphatic rings. The first kappa shape index (κ1) is 16.7. The molecule has 0 aliphatic heterocycles. The molecule has 0 spiro atoms. The second-order valence-electron chi connectivity index (χ2n) is 5.21. The number of nitrogens with zero attached hydrogens (tertiary/aromatic N) is 2. The highest BCUT2D eigenvalue weighted by molar-refractivity contribution is 7.99. The normalized spacial score (nSPS) is 11.4. The average molecular weight is 344 g/mol. The van der Waals surface area contributed by atoms with Crippen molar-refractivity contribution in [2.75, 3.05) is 0 Å². The number of hydrogen-bond acceptors (Lipinski definition) is 3. The van der Waals surface area contributed by atoms with Crippen molar-refractivity contribution in [2.45, 2.75) is 43.3 Å². The quantitative estimate of drug-likeness (QED) is 0.854. The minimum absolute atomic E-state index is 0.428. The zero-order chi connectivity index (χ0) is 15.6. The smallest absolute Gasteiger partial charge is 0.103 e. The van der Waals surface area contributed by atoms with E-state index < -0.39 is 0 Å². The molecule has 0 saturated carbocycles. The van der Waals surface area contributed by atoms with Crippen LogP contribution >= 0.6 is 35.0 Å². The Bertz CT molecular complexity index is 638. The summed E-state index contributed by atoms with van der Waals surface area (Å²) in [4.78, 5) is 0.943. The lowest BCUT2D eigenvalue weighted by atomic mass is 10.2. The highest BCUT2D eigenvalue weighted by atomic mass is 35.5. The van der Waals surface area contributed by atoms with E-state index in [0.29, 0.717) is 16.1 Å². The Hall–Kier alpha value is -0.680. The Morgan fingerprint density at radius 1 is 1.33 bits per heavy atom. The van der Waals surface area contributed by atoms with Gasteiger partial charge in [0, 0.05) is 35.1 Å². The summed E-state index contributed by atoms with van der Waals surface area (Å²) in [6, 6.07) is 5.93. The molecule has 2 aromatic rings. The average Bonchev–Trinajstić information content (AvgIpc) is 2.66. The third kappa shape index (κ3) is 4.16. The lowest BCUT2D eigenvalue weighted by Crippen LogP contribution is -2.22. The van der Waals surface area contributed by atoms with Crippen molar-refractivity contribution in [3.05, 3.63) is 39.5 Å². The summed E-state index contributed by atoms with van der Waals surface area (Å²) < 4.78 is 1.90. The van der Waals surface area contributed by atoms with Gasteiger partial charge >= 0.3 is 0 Å². The van der Waals surface area contributed by atoms with E-state index in [-0.39, 0.29) is 0 Å². The Balaban J connectivity index is 2.32. The van der Waals surface area contributed by atoms with E-state index in [1.807, 2.05) is 30.8 Å². The Morgan fingerprint density at radius 2 is 2.05 bits per heavy atom. The van der Waals surface area contributed by atoms with Crippen LogP contribution in [-0.2, 0) is 13.6 Å². The SMILES string of the molecule is Cc1nn(C)c(Sc2cc(Cl)ccc2Cl)c1CNC(C)C. The van der Waals surface area contributed by atoms with Gasteiger partial charge in [-0.25, -0.2) is 0 Å². The first-order valence-corrected chi connectivity index (χ1v) is 8.34. The maximum absolute atomic E-state index is 6.26. The third-order valence-electron chi connectivity index (χ3n) is 3.08. The van der Waals surface area contributed by atoms with Crippen molar-refractivity contribution in [3.8, 4) is 0 Å². The van der Waals surface area contributed by atoms with Crippen LogP contribution in [0.15, 0.2) is 28.1 Å². The zero-order valence-corrected chi connectivity index (χ0v) is 14.9. The van der Waals surface area contributed by atoms with Gasteiger partial charge in [0.05, 0.1) is 10.7 Å². The fourth-order valence-corrected chi connectivity index (χ4v) is 3.52. The van der Waals surface area contributed by atoms with Gasteiger partial charge in [0.25, 0.3) is 0 Å². The van der Waals surface area contributed by atoms with Crippen LogP contribution in [0.25, 0.3) is 0 Å². The Labute approximate surface area is 140 Å². The molecule has 1 N–H and O–H groups in total. The highest BCUT2D eigenvalue weighted by Crippen LogP contribution is 2.37. The topological polar surface area (TPSA) is 29.9 Å². The van der Waals surface area contributed by atoms with Gasteiger partial charge in [-0.3, -0.25) is 4.68 Å². The molecule has 0 atom stereocenters. The van der Waals surface area contributed by atoms with E-state index in [0.717, 1.165) is 22.2 Å². The van der Waals surface area contributed by atoms with Crippen LogP contribution in [0, 0.1) is 6.92 Å². The first-order chi connectivity index (χ1) is 9.88. The molecule has 1 aromatic carbocycles. The van der Waals surface area contributed by atoms with Gasteiger partial charge in [-0.1, -0.05) is 48.8 Å². The molecule has 0 saturated heterocycles. The van der Waals surface area contributed by atoms with Crippen molar-refractivity contribution in [1.29, 1.82) is 0 Å². The molecule has 114 valence electrons. The van der Waals surface area contributed by atoms with Crippen LogP contribution in [0.3, 0.4) is 0 Å². The van der Waals surface area contributed by atoms with Crippen LogP contribution in [0.5, 0.6) is 0 Å². The molecular formula is C15H19Cl2N3S. The van der Waals surface area contributed by atoms with E-state index in [2.05, 4.69) is 24.3 Å². The molecule has 2 rings (SSSR count). The predicted octanol–water partition coefficient (Wildman–Crippen LogP) is 4.68. The summed E-state index contributed by atoms with van der Waals surface area (Å²) in [5, 5.41) is 10.4. The van der Waals surface area contributed by atoms with E-state index >= 15 is 0 Å². The van der Waals surface area contributed by atoms with Gasteiger partial charge in [-0.05, 0) is 25.1 Å². The second-order valence-corrected chi connectivity index (χ2v) is 7.08. The molecule has 0 bridgehead atoms. The van der Waals surface area contributed by atoms with Gasteiger partial charge in [0.1, 0.15) is 5.03 Å². The number of hydrogen-bond donors (Lipinski definition) is 1. The minimum atomic E-state index is 0.428. The number of aromatic nitrogens is 2. The van der Waals surface area contributed by atoms with Crippen LogP contribution in [-0.4, -0.2) is 15.8 Å². The van der Waals surface area contributed by atoms with E-state index in [4.69, 9.17) is 23.2 Å². The number of benzene rings is 1. The second kappa shape index (κ2) is 7.05. The van der Waals surface area contributed by atoms with Gasteiger partial charge < -0.3 is 5.32 Å². The monoisotopic (exact) mass is 343 g/mol. The van der Waals surface area contributed by atoms with Crippen LogP contribution < -0.4 is 5.32 Å². The molecule has 1 heterocycles. The minimum Gasteiger partial charge on any atom is -0.310 e. The van der Waals surface area contributed by atoms with Crippen LogP contribution in [0.1, 0.15) is 25.1 Å². The summed E-state index contributed by atoms with van der Waals surface area (Å²) in [5.74, 6) is 0. The molecule has 0 aliphatic carbocycles. The molecule has 1 aromatic heterocycles. The van der Waals surface area contributed by atoms with Crippen molar-refractivity contribution in [1.82, 2.24) is 15.1 Å². The maximum Gasteiger partial charge on any atom is 0.103 e. The van der Waals surface area contributed by atoms with Crippen molar-refractivity contribution < 1.29 is 0 Å². The van der Waals surface area contributed by atoms with Gasteiger partial charge in [-0.2, -0.15) is 5.10 Å². The van der Waals surface area contributed by atoms with Crippen molar-refractivity contribution in [3.63, 3.8) is 0 Å². The fraction of sp³-hybridized carbons (Fsp3) is 0.400. The molecule has 0 radical (unpaired) electrons. The number of aryl methyl sites for hydroxylation is 2.